The number of nitrogens with one attached hydrogen (secondary N) is 1. The average molecular weight is 292 g/mol. The van der Waals surface area contributed by atoms with E-state index in [2.05, 4.69) is 27.7 Å². The summed E-state index contributed by atoms with van der Waals surface area (Å²) >= 11 is 1.68. The van der Waals surface area contributed by atoms with Gasteiger partial charge in [-0.1, -0.05) is 6.92 Å². The van der Waals surface area contributed by atoms with Crippen LogP contribution in [0.25, 0.3) is 0 Å². The van der Waals surface area contributed by atoms with Gasteiger partial charge in [0.2, 0.25) is 0 Å². The molecule has 6 heteroatoms. The molecule has 0 aliphatic rings. The fourth-order valence-electron chi connectivity index (χ4n) is 1.97. The van der Waals surface area contributed by atoms with Gasteiger partial charge in [0.15, 0.2) is 0 Å². The third-order valence-electron chi connectivity index (χ3n) is 2.90. The number of carbonyl (C=O) groups excluding carboxylic acids is 1. The molecule has 108 valence electrons. The van der Waals surface area contributed by atoms with Gasteiger partial charge in [0.05, 0.1) is 5.01 Å². The first kappa shape index (κ1) is 14.7. The molecule has 20 heavy (non-hydrogen) atoms. The SMILES string of the molecule is CCCn1nccc1C(=O)NCCCc1nc(C)cs1. The van der Waals surface area contributed by atoms with Crippen molar-refractivity contribution in [2.45, 2.75) is 39.7 Å². The number of hydrogen-bond donors (Lipinski definition) is 1. The summed E-state index contributed by atoms with van der Waals surface area (Å²) in [5.41, 5.74) is 1.70. The summed E-state index contributed by atoms with van der Waals surface area (Å²) in [7, 11) is 0. The molecule has 2 aromatic heterocycles. The van der Waals surface area contributed by atoms with Crippen molar-refractivity contribution in [3.8, 4) is 0 Å². The van der Waals surface area contributed by atoms with Gasteiger partial charge < -0.3 is 5.32 Å². The summed E-state index contributed by atoms with van der Waals surface area (Å²) in [4.78, 5) is 16.4. The van der Waals surface area contributed by atoms with Crippen LogP contribution in [-0.2, 0) is 13.0 Å². The third-order valence-corrected chi connectivity index (χ3v) is 3.93. The highest BCUT2D eigenvalue weighted by atomic mass is 32.1. The summed E-state index contributed by atoms with van der Waals surface area (Å²) in [5.74, 6) is -0.0498. The van der Waals surface area contributed by atoms with Crippen LogP contribution >= 0.6 is 11.3 Å². The summed E-state index contributed by atoms with van der Waals surface area (Å²) in [6.07, 6.45) is 4.45. The van der Waals surface area contributed by atoms with Crippen molar-refractivity contribution in [3.05, 3.63) is 34.0 Å². The molecule has 0 radical (unpaired) electrons. The molecule has 2 heterocycles. The summed E-state index contributed by atoms with van der Waals surface area (Å²) < 4.78 is 1.75. The Bertz CT molecular complexity index is 561. The number of aryl methyl sites for hydroxylation is 3. The summed E-state index contributed by atoms with van der Waals surface area (Å²) in [6, 6.07) is 1.76. The van der Waals surface area contributed by atoms with Crippen molar-refractivity contribution in [1.29, 1.82) is 0 Å². The van der Waals surface area contributed by atoms with Crippen molar-refractivity contribution in [2.75, 3.05) is 6.54 Å². The maximum Gasteiger partial charge on any atom is 0.269 e. The molecule has 0 aromatic carbocycles. The Labute approximate surface area is 123 Å². The molecule has 0 saturated heterocycles. The molecule has 0 spiro atoms. The Kier molecular flexibility index (Phi) is 5.29. The maximum absolute atomic E-state index is 12.0. The van der Waals surface area contributed by atoms with E-state index in [1.54, 1.807) is 28.3 Å². The Hall–Kier alpha value is -1.69. The minimum Gasteiger partial charge on any atom is -0.351 e. The third kappa shape index (κ3) is 3.90. The highest BCUT2D eigenvalue weighted by Gasteiger charge is 2.10. The number of amides is 1. The van der Waals surface area contributed by atoms with Crippen molar-refractivity contribution < 1.29 is 4.79 Å². The van der Waals surface area contributed by atoms with Crippen molar-refractivity contribution in [2.24, 2.45) is 0 Å². The molecule has 2 aromatic rings. The number of thiazole rings is 1. The number of hydrogen-bond acceptors (Lipinski definition) is 4. The molecular formula is C14H20N4OS. The predicted molar refractivity (Wildman–Crippen MR) is 80.0 cm³/mol. The zero-order valence-electron chi connectivity index (χ0n) is 11.9. The van der Waals surface area contributed by atoms with E-state index < -0.39 is 0 Å². The lowest BCUT2D eigenvalue weighted by Crippen LogP contribution is -2.27. The monoisotopic (exact) mass is 292 g/mol. The van der Waals surface area contributed by atoms with Crippen LogP contribution in [0, 0.1) is 6.92 Å². The smallest absolute Gasteiger partial charge is 0.269 e. The van der Waals surface area contributed by atoms with Gasteiger partial charge in [0.25, 0.3) is 5.91 Å². The molecule has 0 unspecified atom stereocenters. The van der Waals surface area contributed by atoms with Gasteiger partial charge in [-0.2, -0.15) is 5.10 Å². The Morgan fingerprint density at radius 3 is 3.05 bits per heavy atom. The molecular weight excluding hydrogens is 272 g/mol. The lowest BCUT2D eigenvalue weighted by atomic mass is 10.3. The zero-order valence-corrected chi connectivity index (χ0v) is 12.7. The lowest BCUT2D eigenvalue weighted by Gasteiger charge is -2.07. The number of carbonyl (C=O) groups is 1. The molecule has 0 fully saturated rings. The van der Waals surface area contributed by atoms with Gasteiger partial charge in [-0.15, -0.1) is 11.3 Å². The summed E-state index contributed by atoms with van der Waals surface area (Å²) in [5, 5.41) is 10.3. The van der Waals surface area contributed by atoms with Crippen LogP contribution in [0.1, 0.15) is 41.0 Å². The topological polar surface area (TPSA) is 59.8 Å². The van der Waals surface area contributed by atoms with Gasteiger partial charge in [-0.05, 0) is 25.8 Å². The second-order valence-electron chi connectivity index (χ2n) is 4.68. The molecule has 0 bridgehead atoms. The first-order valence-corrected chi connectivity index (χ1v) is 7.79. The van der Waals surface area contributed by atoms with Crippen LogP contribution in [0.4, 0.5) is 0 Å². The lowest BCUT2D eigenvalue weighted by molar-refractivity contribution is 0.0942. The van der Waals surface area contributed by atoms with E-state index in [0.29, 0.717) is 12.2 Å². The number of nitrogens with zero attached hydrogens (tertiary/aromatic N) is 3. The van der Waals surface area contributed by atoms with Crippen LogP contribution in [0.3, 0.4) is 0 Å². The van der Waals surface area contributed by atoms with Gasteiger partial charge in [-0.3, -0.25) is 9.48 Å². The van der Waals surface area contributed by atoms with Gasteiger partial charge in [0.1, 0.15) is 5.69 Å². The van der Waals surface area contributed by atoms with Crippen LogP contribution in [0.15, 0.2) is 17.6 Å². The van der Waals surface area contributed by atoms with Crippen molar-refractivity contribution in [1.82, 2.24) is 20.1 Å². The van der Waals surface area contributed by atoms with Gasteiger partial charge >= 0.3 is 0 Å². The highest BCUT2D eigenvalue weighted by Crippen LogP contribution is 2.10. The Balaban J connectivity index is 1.76. The standard InChI is InChI=1S/C14H20N4OS/c1-3-9-18-12(6-8-16-18)14(19)15-7-4-5-13-17-11(2)10-20-13/h6,8,10H,3-5,7,9H2,1-2H3,(H,15,19). The van der Waals surface area contributed by atoms with Crippen molar-refractivity contribution >= 4 is 17.2 Å². The van der Waals surface area contributed by atoms with Crippen LogP contribution in [-0.4, -0.2) is 27.2 Å². The number of rotatable bonds is 7. The van der Waals surface area contributed by atoms with E-state index in [1.165, 1.54) is 0 Å². The van der Waals surface area contributed by atoms with Gasteiger partial charge in [0, 0.05) is 36.8 Å². The minimum absolute atomic E-state index is 0.0498. The van der Waals surface area contributed by atoms with E-state index in [4.69, 9.17) is 0 Å². The second kappa shape index (κ2) is 7.19. The van der Waals surface area contributed by atoms with Crippen LogP contribution in [0.2, 0.25) is 0 Å². The average Bonchev–Trinajstić information content (AvgIpc) is 3.04. The van der Waals surface area contributed by atoms with Crippen LogP contribution < -0.4 is 5.32 Å². The van der Waals surface area contributed by atoms with E-state index >= 15 is 0 Å². The maximum atomic E-state index is 12.0. The van der Waals surface area contributed by atoms with E-state index in [1.807, 2.05) is 6.92 Å². The second-order valence-corrected chi connectivity index (χ2v) is 5.62. The molecule has 0 saturated carbocycles. The molecule has 0 atom stereocenters. The number of aromatic nitrogens is 3. The van der Waals surface area contributed by atoms with E-state index in [0.717, 1.165) is 36.5 Å². The minimum atomic E-state index is -0.0498. The highest BCUT2D eigenvalue weighted by molar-refractivity contribution is 7.09. The normalized spacial score (nSPS) is 10.7. The van der Waals surface area contributed by atoms with Crippen molar-refractivity contribution in [3.63, 3.8) is 0 Å². The largest absolute Gasteiger partial charge is 0.351 e. The fraction of sp³-hybridized carbons (Fsp3) is 0.500. The molecule has 1 amide bonds. The first-order chi connectivity index (χ1) is 9.70. The Morgan fingerprint density at radius 1 is 1.50 bits per heavy atom. The molecule has 2 rings (SSSR count). The molecule has 0 aliphatic carbocycles. The van der Waals surface area contributed by atoms with E-state index in [-0.39, 0.29) is 5.91 Å². The molecule has 0 aliphatic heterocycles. The predicted octanol–water partition coefficient (Wildman–Crippen LogP) is 2.42. The quantitative estimate of drug-likeness (QED) is 0.797. The fourth-order valence-corrected chi connectivity index (χ4v) is 2.78. The van der Waals surface area contributed by atoms with Gasteiger partial charge in [-0.25, -0.2) is 4.98 Å². The molecule has 5 nitrogen and oxygen atoms in total. The summed E-state index contributed by atoms with van der Waals surface area (Å²) in [6.45, 7) is 5.50. The molecule has 1 N–H and O–H groups in total. The first-order valence-electron chi connectivity index (χ1n) is 6.91. The van der Waals surface area contributed by atoms with Crippen LogP contribution in [0.5, 0.6) is 0 Å². The Morgan fingerprint density at radius 2 is 2.35 bits per heavy atom. The van der Waals surface area contributed by atoms with E-state index in [9.17, 15) is 4.79 Å². The zero-order chi connectivity index (χ0) is 14.4.